The van der Waals surface area contributed by atoms with Gasteiger partial charge in [-0.15, -0.1) is 0 Å². The van der Waals surface area contributed by atoms with Crippen LogP contribution in [0.2, 0.25) is 0 Å². The SMILES string of the molecule is CC1(C)CCCCN1S(=O)(=O)Cc1cccc(NC(=O)N2CCC(c3ccc4c5c(cccc35)C(=O)N4)CC2)c1. The molecule has 2 N–H and O–H groups in total. The monoisotopic (exact) mass is 560 g/mol. The van der Waals surface area contributed by atoms with Crippen molar-refractivity contribution in [3.05, 3.63) is 71.3 Å². The zero-order valence-electron chi connectivity index (χ0n) is 23.1. The average molecular weight is 561 g/mol. The lowest BCUT2D eigenvalue weighted by molar-refractivity contribution is 0.103. The number of hydrogen-bond acceptors (Lipinski definition) is 4. The van der Waals surface area contributed by atoms with E-state index in [-0.39, 0.29) is 23.2 Å². The molecule has 2 fully saturated rings. The highest BCUT2D eigenvalue weighted by Crippen LogP contribution is 2.40. The minimum atomic E-state index is -3.47. The number of hydrogen-bond donors (Lipinski definition) is 2. The topological polar surface area (TPSA) is 98.8 Å². The highest BCUT2D eigenvalue weighted by atomic mass is 32.2. The third-order valence-electron chi connectivity index (χ3n) is 8.73. The lowest BCUT2D eigenvalue weighted by Gasteiger charge is -2.41. The fourth-order valence-electron chi connectivity index (χ4n) is 6.65. The number of amides is 3. The molecule has 0 aromatic heterocycles. The van der Waals surface area contributed by atoms with Crippen LogP contribution < -0.4 is 10.6 Å². The van der Waals surface area contributed by atoms with Crippen LogP contribution >= 0.6 is 0 Å². The van der Waals surface area contributed by atoms with Crippen molar-refractivity contribution in [2.75, 3.05) is 30.3 Å². The average Bonchev–Trinajstić information content (AvgIpc) is 3.25. The van der Waals surface area contributed by atoms with Gasteiger partial charge in [0, 0.05) is 47.5 Å². The maximum Gasteiger partial charge on any atom is 0.321 e. The second-order valence-electron chi connectivity index (χ2n) is 11.9. The molecule has 0 spiro atoms. The van der Waals surface area contributed by atoms with Gasteiger partial charge in [-0.25, -0.2) is 13.2 Å². The molecule has 40 heavy (non-hydrogen) atoms. The van der Waals surface area contributed by atoms with E-state index >= 15 is 0 Å². The van der Waals surface area contributed by atoms with Crippen LogP contribution in [0.5, 0.6) is 0 Å². The number of nitrogens with zero attached hydrogens (tertiary/aromatic N) is 2. The number of rotatable bonds is 5. The molecule has 0 unspecified atom stereocenters. The van der Waals surface area contributed by atoms with Gasteiger partial charge in [0.25, 0.3) is 5.91 Å². The molecule has 3 heterocycles. The number of sulfonamides is 1. The van der Waals surface area contributed by atoms with Crippen LogP contribution in [0.4, 0.5) is 16.2 Å². The molecule has 0 bridgehead atoms. The fraction of sp³-hybridized carbons (Fsp3) is 0.419. The largest absolute Gasteiger partial charge is 0.324 e. The molecule has 3 amide bonds. The van der Waals surface area contributed by atoms with E-state index in [4.69, 9.17) is 0 Å². The summed E-state index contributed by atoms with van der Waals surface area (Å²) in [5.74, 6) is 0.166. The minimum absolute atomic E-state index is 0.0544. The van der Waals surface area contributed by atoms with Gasteiger partial charge in [-0.05, 0) is 86.2 Å². The lowest BCUT2D eigenvalue weighted by atomic mass is 9.85. The Morgan fingerprint density at radius 3 is 2.58 bits per heavy atom. The summed E-state index contributed by atoms with van der Waals surface area (Å²) in [6.45, 7) is 5.78. The second-order valence-corrected chi connectivity index (χ2v) is 13.8. The highest BCUT2D eigenvalue weighted by molar-refractivity contribution is 7.88. The maximum atomic E-state index is 13.2. The van der Waals surface area contributed by atoms with Gasteiger partial charge >= 0.3 is 6.03 Å². The number of urea groups is 1. The van der Waals surface area contributed by atoms with Crippen molar-refractivity contribution in [1.82, 2.24) is 9.21 Å². The van der Waals surface area contributed by atoms with Crippen LogP contribution in [0.15, 0.2) is 54.6 Å². The number of carbonyl (C=O) groups excluding carboxylic acids is 2. The van der Waals surface area contributed by atoms with E-state index < -0.39 is 10.0 Å². The Morgan fingerprint density at radius 1 is 1.02 bits per heavy atom. The number of nitrogens with one attached hydrogen (secondary N) is 2. The Labute approximate surface area is 235 Å². The maximum absolute atomic E-state index is 13.2. The molecule has 3 aromatic rings. The van der Waals surface area contributed by atoms with E-state index in [1.165, 1.54) is 5.56 Å². The minimum Gasteiger partial charge on any atom is -0.324 e. The smallest absolute Gasteiger partial charge is 0.321 e. The van der Waals surface area contributed by atoms with E-state index in [0.717, 1.165) is 54.1 Å². The second kappa shape index (κ2) is 10.2. The standard InChI is InChI=1S/C31H36N4O4S/c1-31(2)15-3-4-16-35(31)40(38,39)20-21-7-5-8-23(19-21)32-30(37)34-17-13-22(14-18-34)24-11-12-27-28-25(24)9-6-10-26(28)29(36)33-27/h5-12,19,22H,3-4,13-18,20H2,1-2H3,(H,32,37)(H,33,36). The van der Waals surface area contributed by atoms with Gasteiger partial charge in [0.1, 0.15) is 0 Å². The van der Waals surface area contributed by atoms with Crippen LogP contribution in [-0.4, -0.2) is 54.7 Å². The Hall–Kier alpha value is -3.43. The molecular weight excluding hydrogens is 524 g/mol. The predicted molar refractivity (Wildman–Crippen MR) is 158 cm³/mol. The van der Waals surface area contributed by atoms with Crippen LogP contribution in [0, 0.1) is 0 Å². The van der Waals surface area contributed by atoms with E-state index in [0.29, 0.717) is 36.8 Å². The van der Waals surface area contributed by atoms with Gasteiger partial charge in [-0.1, -0.05) is 36.8 Å². The summed E-state index contributed by atoms with van der Waals surface area (Å²) < 4.78 is 28.1. The molecule has 3 aliphatic rings. The zero-order valence-corrected chi connectivity index (χ0v) is 23.9. The Balaban J connectivity index is 1.10. The summed E-state index contributed by atoms with van der Waals surface area (Å²) in [6.07, 6.45) is 4.45. The van der Waals surface area contributed by atoms with Gasteiger partial charge in [0.05, 0.1) is 5.75 Å². The predicted octanol–water partition coefficient (Wildman–Crippen LogP) is 5.91. The van der Waals surface area contributed by atoms with Gasteiger partial charge in [-0.3, -0.25) is 4.79 Å². The summed E-state index contributed by atoms with van der Waals surface area (Å²) in [5, 5.41) is 8.03. The van der Waals surface area contributed by atoms with Crippen molar-refractivity contribution < 1.29 is 18.0 Å². The van der Waals surface area contributed by atoms with E-state index in [1.54, 1.807) is 28.6 Å². The third-order valence-corrected chi connectivity index (χ3v) is 10.8. The molecule has 3 aliphatic heterocycles. The fourth-order valence-corrected chi connectivity index (χ4v) is 8.66. The first kappa shape index (κ1) is 26.8. The van der Waals surface area contributed by atoms with Gasteiger partial charge in [-0.2, -0.15) is 4.31 Å². The van der Waals surface area contributed by atoms with Crippen LogP contribution in [0.1, 0.15) is 73.4 Å². The first-order valence-electron chi connectivity index (χ1n) is 14.1. The highest BCUT2D eigenvalue weighted by Gasteiger charge is 2.38. The number of piperidine rings is 2. The quantitative estimate of drug-likeness (QED) is 0.405. The molecule has 3 aromatic carbocycles. The summed E-state index contributed by atoms with van der Waals surface area (Å²) in [7, 11) is -3.47. The Bertz CT molecular complexity index is 1590. The zero-order chi connectivity index (χ0) is 28.1. The van der Waals surface area contributed by atoms with Crippen molar-refractivity contribution >= 4 is 44.1 Å². The van der Waals surface area contributed by atoms with Crippen molar-refractivity contribution in [2.45, 2.75) is 63.2 Å². The number of carbonyl (C=O) groups is 2. The first-order chi connectivity index (χ1) is 19.1. The molecule has 0 saturated carbocycles. The number of anilines is 2. The summed E-state index contributed by atoms with van der Waals surface area (Å²) in [6, 6.07) is 17.0. The molecular formula is C31H36N4O4S. The Morgan fingerprint density at radius 2 is 1.80 bits per heavy atom. The van der Waals surface area contributed by atoms with Crippen molar-refractivity contribution in [3.8, 4) is 0 Å². The molecule has 0 radical (unpaired) electrons. The van der Waals surface area contributed by atoms with Crippen LogP contribution in [0.3, 0.4) is 0 Å². The van der Waals surface area contributed by atoms with Crippen molar-refractivity contribution in [2.24, 2.45) is 0 Å². The molecule has 0 atom stereocenters. The molecule has 2 saturated heterocycles. The van der Waals surface area contributed by atoms with E-state index in [1.807, 2.05) is 36.9 Å². The number of likely N-dealkylation sites (tertiary alicyclic amines) is 1. The third kappa shape index (κ3) is 4.97. The normalized spacial score (nSPS) is 19.6. The molecule has 0 aliphatic carbocycles. The van der Waals surface area contributed by atoms with E-state index in [2.05, 4.69) is 22.8 Å². The Kier molecular flexibility index (Phi) is 6.82. The first-order valence-corrected chi connectivity index (χ1v) is 15.8. The molecule has 6 rings (SSSR count). The van der Waals surface area contributed by atoms with Crippen LogP contribution in [-0.2, 0) is 15.8 Å². The van der Waals surface area contributed by atoms with Gasteiger partial charge in [0.2, 0.25) is 10.0 Å². The van der Waals surface area contributed by atoms with Crippen molar-refractivity contribution in [3.63, 3.8) is 0 Å². The lowest BCUT2D eigenvalue weighted by Crippen LogP contribution is -2.50. The van der Waals surface area contributed by atoms with Gasteiger partial charge < -0.3 is 15.5 Å². The summed E-state index contributed by atoms with van der Waals surface area (Å²) in [4.78, 5) is 27.2. The molecule has 9 heteroatoms. The van der Waals surface area contributed by atoms with Gasteiger partial charge in [0.15, 0.2) is 0 Å². The number of benzene rings is 3. The summed E-state index contributed by atoms with van der Waals surface area (Å²) >= 11 is 0. The molecule has 210 valence electrons. The van der Waals surface area contributed by atoms with Crippen LogP contribution in [0.25, 0.3) is 10.8 Å². The summed E-state index contributed by atoms with van der Waals surface area (Å²) in [5.41, 5.74) is 3.70. The van der Waals surface area contributed by atoms with Crippen molar-refractivity contribution in [1.29, 1.82) is 0 Å². The van der Waals surface area contributed by atoms with E-state index in [9.17, 15) is 18.0 Å². The molecule has 8 nitrogen and oxygen atoms in total.